The molecule has 0 fully saturated rings. The number of nitrogens with two attached hydrogens (primary N) is 1. The highest BCUT2D eigenvalue weighted by molar-refractivity contribution is 7.12. The van der Waals surface area contributed by atoms with Crippen LogP contribution in [0.4, 0.5) is 5.69 Å². The standard InChI is InChI=1S/C14H18N2S/c1-10-7-8-14(17-10)13(16-2)9-11-5-3-4-6-12(11)15/h3-8,13,16H,9,15H2,1-2H3/t13-/m1/s1. The molecule has 3 heteroatoms. The number of nitrogen functional groups attached to an aromatic ring is 1. The molecule has 2 rings (SSSR count). The first-order valence-corrected chi connectivity index (χ1v) is 6.59. The van der Waals surface area contributed by atoms with Gasteiger partial charge in [0.2, 0.25) is 0 Å². The monoisotopic (exact) mass is 246 g/mol. The van der Waals surface area contributed by atoms with E-state index < -0.39 is 0 Å². The number of anilines is 1. The van der Waals surface area contributed by atoms with Gasteiger partial charge in [0.25, 0.3) is 0 Å². The van der Waals surface area contributed by atoms with Crippen molar-refractivity contribution in [2.45, 2.75) is 19.4 Å². The second kappa shape index (κ2) is 5.34. The van der Waals surface area contributed by atoms with E-state index in [9.17, 15) is 0 Å². The van der Waals surface area contributed by atoms with E-state index in [1.807, 2.05) is 36.6 Å². The van der Waals surface area contributed by atoms with E-state index >= 15 is 0 Å². The minimum atomic E-state index is 0.346. The molecule has 1 atom stereocenters. The van der Waals surface area contributed by atoms with Crippen molar-refractivity contribution in [2.75, 3.05) is 12.8 Å². The highest BCUT2D eigenvalue weighted by Gasteiger charge is 2.13. The Balaban J connectivity index is 2.18. The lowest BCUT2D eigenvalue weighted by molar-refractivity contribution is 0.603. The second-order valence-corrected chi connectivity index (χ2v) is 5.51. The highest BCUT2D eigenvalue weighted by Crippen LogP contribution is 2.26. The maximum absolute atomic E-state index is 5.98. The Hall–Kier alpha value is -1.32. The number of thiophene rings is 1. The molecule has 0 aliphatic carbocycles. The Labute approximate surface area is 106 Å². The van der Waals surface area contributed by atoms with E-state index in [4.69, 9.17) is 5.73 Å². The van der Waals surface area contributed by atoms with Crippen LogP contribution in [0, 0.1) is 6.92 Å². The Morgan fingerprint density at radius 1 is 1.24 bits per heavy atom. The third-order valence-corrected chi connectivity index (χ3v) is 4.05. The summed E-state index contributed by atoms with van der Waals surface area (Å²) in [6.45, 7) is 2.14. The van der Waals surface area contributed by atoms with Crippen molar-refractivity contribution in [1.29, 1.82) is 0 Å². The van der Waals surface area contributed by atoms with Crippen LogP contribution in [-0.4, -0.2) is 7.05 Å². The van der Waals surface area contributed by atoms with Gasteiger partial charge in [-0.1, -0.05) is 18.2 Å². The largest absolute Gasteiger partial charge is 0.399 e. The summed E-state index contributed by atoms with van der Waals surface area (Å²) in [7, 11) is 2.00. The van der Waals surface area contributed by atoms with Gasteiger partial charge < -0.3 is 11.1 Å². The Morgan fingerprint density at radius 2 is 2.00 bits per heavy atom. The molecule has 1 aromatic heterocycles. The fraction of sp³-hybridized carbons (Fsp3) is 0.286. The summed E-state index contributed by atoms with van der Waals surface area (Å²) in [5.74, 6) is 0. The molecule has 0 amide bonds. The minimum absolute atomic E-state index is 0.346. The molecule has 0 aliphatic heterocycles. The van der Waals surface area contributed by atoms with Crippen LogP contribution >= 0.6 is 11.3 Å². The van der Waals surface area contributed by atoms with Crippen LogP contribution in [-0.2, 0) is 6.42 Å². The number of para-hydroxylation sites is 1. The van der Waals surface area contributed by atoms with E-state index in [0.29, 0.717) is 6.04 Å². The average Bonchev–Trinajstić information content (AvgIpc) is 2.75. The summed E-state index contributed by atoms with van der Waals surface area (Å²) in [6, 6.07) is 12.8. The fourth-order valence-electron chi connectivity index (χ4n) is 1.93. The summed E-state index contributed by atoms with van der Waals surface area (Å²) in [5.41, 5.74) is 8.06. The van der Waals surface area contributed by atoms with Crippen molar-refractivity contribution in [3.8, 4) is 0 Å². The molecule has 0 saturated heterocycles. The van der Waals surface area contributed by atoms with Crippen molar-refractivity contribution in [2.24, 2.45) is 0 Å². The third-order valence-electron chi connectivity index (χ3n) is 2.93. The van der Waals surface area contributed by atoms with E-state index in [0.717, 1.165) is 12.1 Å². The van der Waals surface area contributed by atoms with Crippen molar-refractivity contribution < 1.29 is 0 Å². The van der Waals surface area contributed by atoms with Gasteiger partial charge in [0.05, 0.1) is 0 Å². The Bertz CT molecular complexity index is 490. The molecule has 0 spiro atoms. The van der Waals surface area contributed by atoms with Gasteiger partial charge in [0, 0.05) is 21.5 Å². The minimum Gasteiger partial charge on any atom is -0.399 e. The van der Waals surface area contributed by atoms with Gasteiger partial charge in [-0.3, -0.25) is 0 Å². The first-order chi connectivity index (χ1) is 8.20. The molecule has 2 aromatic rings. The van der Waals surface area contributed by atoms with Crippen LogP contribution in [0.1, 0.15) is 21.4 Å². The first kappa shape index (κ1) is 12.1. The lowest BCUT2D eigenvalue weighted by atomic mass is 10.0. The molecular formula is C14H18N2S. The molecule has 0 bridgehead atoms. The topological polar surface area (TPSA) is 38.0 Å². The third kappa shape index (κ3) is 2.87. The lowest BCUT2D eigenvalue weighted by Crippen LogP contribution is -2.18. The van der Waals surface area contributed by atoms with Crippen LogP contribution < -0.4 is 11.1 Å². The smallest absolute Gasteiger partial charge is 0.0454 e. The average molecular weight is 246 g/mol. The van der Waals surface area contributed by atoms with E-state index in [2.05, 4.69) is 30.4 Å². The number of benzene rings is 1. The van der Waals surface area contributed by atoms with E-state index in [-0.39, 0.29) is 0 Å². The summed E-state index contributed by atoms with van der Waals surface area (Å²) in [5, 5.41) is 3.36. The number of hydrogen-bond acceptors (Lipinski definition) is 3. The molecule has 0 aliphatic rings. The predicted octanol–water partition coefficient (Wildman–Crippen LogP) is 3.14. The molecule has 90 valence electrons. The lowest BCUT2D eigenvalue weighted by Gasteiger charge is -2.15. The summed E-state index contributed by atoms with van der Waals surface area (Å²) in [4.78, 5) is 2.72. The van der Waals surface area contributed by atoms with Gasteiger partial charge in [-0.15, -0.1) is 11.3 Å². The van der Waals surface area contributed by atoms with E-state index in [1.54, 1.807) is 0 Å². The van der Waals surface area contributed by atoms with Gasteiger partial charge in [-0.05, 0) is 44.2 Å². The van der Waals surface area contributed by atoms with Crippen LogP contribution in [0.15, 0.2) is 36.4 Å². The summed E-state index contributed by atoms with van der Waals surface area (Å²) in [6.07, 6.45) is 0.934. The molecule has 17 heavy (non-hydrogen) atoms. The molecule has 3 N–H and O–H groups in total. The van der Waals surface area contributed by atoms with Crippen molar-refractivity contribution in [1.82, 2.24) is 5.32 Å². The molecule has 0 radical (unpaired) electrons. The molecule has 0 unspecified atom stereocenters. The van der Waals surface area contributed by atoms with Crippen LogP contribution in [0.2, 0.25) is 0 Å². The maximum atomic E-state index is 5.98. The maximum Gasteiger partial charge on any atom is 0.0454 e. The number of hydrogen-bond donors (Lipinski definition) is 2. The van der Waals surface area contributed by atoms with Gasteiger partial charge >= 0.3 is 0 Å². The predicted molar refractivity (Wildman–Crippen MR) is 75.4 cm³/mol. The number of aryl methyl sites for hydroxylation is 1. The zero-order valence-corrected chi connectivity index (χ0v) is 11.1. The van der Waals surface area contributed by atoms with Crippen molar-refractivity contribution in [3.05, 3.63) is 51.7 Å². The Morgan fingerprint density at radius 3 is 2.59 bits per heavy atom. The number of likely N-dealkylation sites (N-methyl/N-ethyl adjacent to an activating group) is 1. The molecular weight excluding hydrogens is 228 g/mol. The van der Waals surface area contributed by atoms with Gasteiger partial charge in [-0.2, -0.15) is 0 Å². The first-order valence-electron chi connectivity index (χ1n) is 5.77. The van der Waals surface area contributed by atoms with Gasteiger partial charge in [0.15, 0.2) is 0 Å². The molecule has 1 heterocycles. The fourth-order valence-corrected chi connectivity index (χ4v) is 2.91. The molecule has 2 nitrogen and oxygen atoms in total. The SMILES string of the molecule is CN[C@H](Cc1ccccc1N)c1ccc(C)s1. The Kier molecular flexibility index (Phi) is 3.82. The van der Waals surface area contributed by atoms with E-state index in [1.165, 1.54) is 15.3 Å². The second-order valence-electron chi connectivity index (χ2n) is 4.19. The van der Waals surface area contributed by atoms with Crippen LogP contribution in [0.3, 0.4) is 0 Å². The highest BCUT2D eigenvalue weighted by atomic mass is 32.1. The van der Waals surface area contributed by atoms with Gasteiger partial charge in [-0.25, -0.2) is 0 Å². The quantitative estimate of drug-likeness (QED) is 0.813. The van der Waals surface area contributed by atoms with Crippen molar-refractivity contribution in [3.63, 3.8) is 0 Å². The van der Waals surface area contributed by atoms with Crippen molar-refractivity contribution >= 4 is 17.0 Å². The number of rotatable bonds is 4. The van der Waals surface area contributed by atoms with Gasteiger partial charge in [0.1, 0.15) is 0 Å². The zero-order chi connectivity index (χ0) is 12.3. The number of nitrogens with one attached hydrogen (secondary N) is 1. The van der Waals surface area contributed by atoms with Crippen LogP contribution in [0.5, 0.6) is 0 Å². The summed E-state index contributed by atoms with van der Waals surface area (Å²) < 4.78 is 0. The molecule has 0 saturated carbocycles. The van der Waals surface area contributed by atoms with Crippen LogP contribution in [0.25, 0.3) is 0 Å². The normalized spacial score (nSPS) is 12.6. The molecule has 1 aromatic carbocycles. The summed E-state index contributed by atoms with van der Waals surface area (Å²) >= 11 is 1.84. The zero-order valence-electron chi connectivity index (χ0n) is 10.2.